The van der Waals surface area contributed by atoms with Crippen molar-refractivity contribution in [1.82, 2.24) is 19.5 Å². The van der Waals surface area contributed by atoms with Gasteiger partial charge in [-0.1, -0.05) is 109 Å². The number of hydrogen-bond acceptors (Lipinski definition) is 4. The molecule has 0 saturated heterocycles. The molecule has 5 heteroatoms. The Hall–Kier alpha value is -6.07. The molecule has 0 saturated carbocycles. The predicted octanol–water partition coefficient (Wildman–Crippen LogP) is 9.87. The van der Waals surface area contributed by atoms with Crippen LogP contribution in [0.4, 0.5) is 0 Å². The van der Waals surface area contributed by atoms with Crippen LogP contribution in [0.1, 0.15) is 8.22 Å². The zero-order valence-electron chi connectivity index (χ0n) is 29.1. The average Bonchev–Trinajstić information content (AvgIpc) is 3.70. The normalized spacial score (nSPS) is 13.5. The van der Waals surface area contributed by atoms with E-state index in [-0.39, 0.29) is 64.0 Å². The lowest BCUT2D eigenvalue weighted by atomic mass is 10.0. The Bertz CT molecular complexity index is 2780. The molecule has 0 spiro atoms. The minimum Gasteiger partial charge on any atom is -0.456 e. The van der Waals surface area contributed by atoms with E-state index in [1.54, 1.807) is 0 Å². The van der Waals surface area contributed by atoms with Crippen LogP contribution in [0.3, 0.4) is 0 Å². The molecule has 0 aliphatic rings. The summed E-state index contributed by atoms with van der Waals surface area (Å²) in [6, 6.07) is 32.8. The Morgan fingerprint density at radius 3 is 1.89 bits per heavy atom. The molecule has 5 nitrogen and oxygen atoms in total. The summed E-state index contributed by atoms with van der Waals surface area (Å²) in [6.07, 6.45) is 0. The molecule has 0 unspecified atom stereocenters. The van der Waals surface area contributed by atoms with Crippen molar-refractivity contribution in [3.8, 4) is 39.9 Å². The van der Waals surface area contributed by atoms with E-state index in [1.165, 1.54) is 16.7 Å². The first-order valence-corrected chi connectivity index (χ1v) is 14.1. The fraction of sp³-hybridized carbons (Fsp3) is 0. The van der Waals surface area contributed by atoms with Crippen LogP contribution in [0.15, 0.2) is 150 Å². The zero-order valence-corrected chi connectivity index (χ0v) is 23.1. The van der Waals surface area contributed by atoms with Crippen LogP contribution >= 0.6 is 0 Å². The van der Waals surface area contributed by atoms with Crippen LogP contribution in [0.25, 0.3) is 83.6 Å². The Morgan fingerprint density at radius 1 is 0.477 bits per heavy atom. The highest BCUT2D eigenvalue weighted by atomic mass is 16.3. The van der Waals surface area contributed by atoms with Crippen LogP contribution in [0.2, 0.25) is 0 Å². The van der Waals surface area contributed by atoms with E-state index in [2.05, 4.69) is 0 Å². The average molecular weight is 571 g/mol. The monoisotopic (exact) mass is 570 g/mol. The highest BCUT2D eigenvalue weighted by Gasteiger charge is 2.18. The predicted molar refractivity (Wildman–Crippen MR) is 178 cm³/mol. The molecule has 0 aliphatic heterocycles. The van der Waals surface area contributed by atoms with E-state index < -0.39 is 0 Å². The summed E-state index contributed by atoms with van der Waals surface area (Å²) in [6.45, 7) is 0. The first-order chi connectivity index (χ1) is 24.3. The Labute approximate surface area is 261 Å². The van der Waals surface area contributed by atoms with Crippen LogP contribution < -0.4 is 0 Å². The summed E-state index contributed by atoms with van der Waals surface area (Å²) < 4.78 is 59.9. The third-order valence-electron chi connectivity index (χ3n) is 7.82. The zero-order chi connectivity index (χ0) is 34.3. The van der Waals surface area contributed by atoms with E-state index in [4.69, 9.17) is 27.6 Å². The lowest BCUT2D eigenvalue weighted by molar-refractivity contribution is 0.669. The van der Waals surface area contributed by atoms with Gasteiger partial charge in [0.25, 0.3) is 0 Å². The van der Waals surface area contributed by atoms with Gasteiger partial charge >= 0.3 is 0 Å². The van der Waals surface area contributed by atoms with Crippen molar-refractivity contribution in [1.29, 1.82) is 0 Å². The molecule has 0 amide bonds. The molecule has 3 heterocycles. The first-order valence-electron chi connectivity index (χ1n) is 17.1. The molecule has 9 aromatic rings. The van der Waals surface area contributed by atoms with Gasteiger partial charge in [0.1, 0.15) is 11.2 Å². The van der Waals surface area contributed by atoms with E-state index in [0.717, 1.165) is 27.5 Å². The molecule has 206 valence electrons. The summed E-state index contributed by atoms with van der Waals surface area (Å²) >= 11 is 0. The van der Waals surface area contributed by atoms with Gasteiger partial charge in [-0.2, -0.15) is 9.97 Å². The summed E-state index contributed by atoms with van der Waals surface area (Å²) in [4.78, 5) is 14.8. The Balaban J connectivity index is 1.37. The van der Waals surface area contributed by atoms with Gasteiger partial charge in [-0.25, -0.2) is 4.98 Å². The van der Waals surface area contributed by atoms with E-state index in [1.807, 2.05) is 97.1 Å². The van der Waals surface area contributed by atoms with E-state index in [9.17, 15) is 0 Å². The molecule has 6 aromatic carbocycles. The van der Waals surface area contributed by atoms with Crippen molar-refractivity contribution in [3.05, 3.63) is 145 Å². The minimum absolute atomic E-state index is 0.0658. The van der Waals surface area contributed by atoms with Crippen LogP contribution in [-0.4, -0.2) is 19.5 Å². The molecule has 0 fully saturated rings. The lowest BCUT2D eigenvalue weighted by Crippen LogP contribution is -2.06. The maximum absolute atomic E-state index is 8.94. The fourth-order valence-corrected chi connectivity index (χ4v) is 5.77. The van der Waals surface area contributed by atoms with Crippen LogP contribution in [0.5, 0.6) is 0 Å². The van der Waals surface area contributed by atoms with Gasteiger partial charge in [-0.05, 0) is 47.5 Å². The van der Waals surface area contributed by atoms with E-state index >= 15 is 0 Å². The second kappa shape index (κ2) is 9.75. The minimum atomic E-state index is -0.210. The molecule has 0 bridgehead atoms. The van der Waals surface area contributed by atoms with E-state index in [0.29, 0.717) is 28.4 Å². The molecule has 0 N–H and O–H groups in total. The van der Waals surface area contributed by atoms with Gasteiger partial charge in [0.15, 0.2) is 11.6 Å². The number of furan rings is 1. The summed E-state index contributed by atoms with van der Waals surface area (Å²) in [7, 11) is 0. The molecule has 0 aliphatic carbocycles. The standard InChI is InChI=1S/C39H24N4O/c1-2-11-25(12-3-1)26-13-10-14-27(23-26)37-40-38(28-21-22-32-31-17-6-9-20-35(31)44-36(32)24-28)42-39(41-37)43-33-18-7-4-15-29(33)30-16-5-8-19-34(30)43/h1-24H/i4D,5D,15D,16D,18D,19D. The SMILES string of the molecule is [2H]c1cc([2H])c2c(c1[2H])c1c([2H])c([2H])cc([2H])c1n2-c1nc(-c2cccc(-c3ccccc3)c2)nc(-c2ccc3c(c2)oc2ccccc23)n1. The van der Waals surface area contributed by atoms with Crippen molar-refractivity contribution in [3.63, 3.8) is 0 Å². The summed E-state index contributed by atoms with van der Waals surface area (Å²) in [5.41, 5.74) is 5.06. The molecule has 3 aromatic heterocycles. The molecular formula is C39H24N4O. The summed E-state index contributed by atoms with van der Waals surface area (Å²) in [5.74, 6) is 0.694. The summed E-state index contributed by atoms with van der Waals surface area (Å²) in [5, 5.41) is 2.18. The van der Waals surface area contributed by atoms with Crippen molar-refractivity contribution >= 4 is 43.7 Å². The maximum atomic E-state index is 8.94. The Morgan fingerprint density at radius 2 is 1.11 bits per heavy atom. The van der Waals surface area contributed by atoms with Gasteiger partial charge in [-0.3, -0.25) is 4.57 Å². The van der Waals surface area contributed by atoms with Crippen molar-refractivity contribution in [2.45, 2.75) is 0 Å². The molecule has 44 heavy (non-hydrogen) atoms. The van der Waals surface area contributed by atoms with Crippen molar-refractivity contribution in [2.75, 3.05) is 0 Å². The number of aromatic nitrogens is 4. The number of fused-ring (bicyclic) bond motifs is 6. The molecule has 0 radical (unpaired) electrons. The second-order valence-corrected chi connectivity index (χ2v) is 10.4. The highest BCUT2D eigenvalue weighted by molar-refractivity contribution is 6.09. The topological polar surface area (TPSA) is 56.7 Å². The van der Waals surface area contributed by atoms with Crippen molar-refractivity contribution < 1.29 is 12.6 Å². The number of rotatable bonds is 4. The fourth-order valence-electron chi connectivity index (χ4n) is 5.77. The van der Waals surface area contributed by atoms with Crippen molar-refractivity contribution in [2.24, 2.45) is 0 Å². The van der Waals surface area contributed by atoms with Gasteiger partial charge in [0, 0.05) is 32.7 Å². The number of nitrogens with zero attached hydrogens (tertiary/aromatic N) is 4. The lowest BCUT2D eigenvalue weighted by Gasteiger charge is -2.11. The smallest absolute Gasteiger partial charge is 0.238 e. The third kappa shape index (κ3) is 3.91. The van der Waals surface area contributed by atoms with Gasteiger partial charge in [-0.15, -0.1) is 0 Å². The third-order valence-corrected chi connectivity index (χ3v) is 7.82. The highest BCUT2D eigenvalue weighted by Crippen LogP contribution is 2.35. The second-order valence-electron chi connectivity index (χ2n) is 10.4. The molecular weight excluding hydrogens is 540 g/mol. The van der Waals surface area contributed by atoms with Crippen LogP contribution in [-0.2, 0) is 0 Å². The van der Waals surface area contributed by atoms with Gasteiger partial charge in [0.2, 0.25) is 5.95 Å². The first kappa shape index (κ1) is 19.2. The number of benzene rings is 6. The maximum Gasteiger partial charge on any atom is 0.238 e. The number of hydrogen-bond donors (Lipinski definition) is 0. The van der Waals surface area contributed by atoms with Crippen LogP contribution in [0, 0.1) is 0 Å². The molecule has 0 atom stereocenters. The van der Waals surface area contributed by atoms with Gasteiger partial charge in [0.05, 0.1) is 19.3 Å². The Kier molecular flexibility index (Phi) is 4.25. The quantitative estimate of drug-likeness (QED) is 0.211. The van der Waals surface area contributed by atoms with Gasteiger partial charge < -0.3 is 4.42 Å². The largest absolute Gasteiger partial charge is 0.456 e. The molecule has 9 rings (SSSR count). The number of para-hydroxylation sites is 3.